The molecule has 298 valence electrons. The van der Waals surface area contributed by atoms with E-state index in [0.29, 0.717) is 13.0 Å². The van der Waals surface area contributed by atoms with Crippen LogP contribution in [0.25, 0.3) is 0 Å². The van der Waals surface area contributed by atoms with Gasteiger partial charge in [0.2, 0.25) is 16.3 Å². The van der Waals surface area contributed by atoms with Gasteiger partial charge in [-0.05, 0) is 27.2 Å². The average Bonchev–Trinajstić information content (AvgIpc) is 3.74. The van der Waals surface area contributed by atoms with Gasteiger partial charge in [0.1, 0.15) is 48.4 Å². The average molecular weight is 788 g/mol. The van der Waals surface area contributed by atoms with Crippen molar-refractivity contribution in [2.75, 3.05) is 13.2 Å². The van der Waals surface area contributed by atoms with Crippen molar-refractivity contribution in [1.29, 1.82) is 0 Å². The van der Waals surface area contributed by atoms with Crippen LogP contribution in [0.5, 0.6) is 0 Å². The van der Waals surface area contributed by atoms with E-state index in [1.165, 1.54) is 6.92 Å². The molecule has 3 aliphatic heterocycles. The fourth-order valence-electron chi connectivity index (χ4n) is 6.31. The summed E-state index contributed by atoms with van der Waals surface area (Å²) in [5, 5.41) is 56.8. The fourth-order valence-corrected chi connectivity index (χ4v) is 6.61. The maximum absolute atomic E-state index is 12.9. The molecule has 0 aromatic carbocycles. The molecule has 3 aliphatic rings. The number of carbonyl (C=O) groups excluding carboxylic acids is 2. The number of ketones is 1. The lowest BCUT2D eigenvalue weighted by molar-refractivity contribution is -0.808. The zero-order valence-electron chi connectivity index (χ0n) is 29.2. The molecule has 0 saturated carbocycles. The molecule has 24 heteroatoms. The second kappa shape index (κ2) is 19.4. The van der Waals surface area contributed by atoms with E-state index >= 15 is 0 Å². The minimum absolute atomic E-state index is 0.105. The summed E-state index contributed by atoms with van der Waals surface area (Å²) in [5.41, 5.74) is 0.288. The SMILES string of the molecule is CC(=O)NC1[C@H](OCc2cn([C@@H]3C[C@@H](C(=O)C(C)C)N(C(C)C)C3)nn2)OC(COS(=O)(=O)[O-])[C@H](OO[O-])[C@@H]1O[C@@H]1OC(C)[C@@H](O)[C@H](O)C1O.O=S. The summed E-state index contributed by atoms with van der Waals surface area (Å²) in [5.74, 6) is -0.694. The molecule has 4 unspecified atom stereocenters. The summed E-state index contributed by atoms with van der Waals surface area (Å²) >= 11 is 2.83. The van der Waals surface area contributed by atoms with Crippen molar-refractivity contribution in [3.05, 3.63) is 11.9 Å². The molecule has 0 bridgehead atoms. The van der Waals surface area contributed by atoms with Crippen LogP contribution in [0.1, 0.15) is 59.7 Å². The van der Waals surface area contributed by atoms with Crippen LogP contribution in [-0.4, -0.2) is 151 Å². The van der Waals surface area contributed by atoms with E-state index in [4.69, 9.17) is 28.0 Å². The number of Topliss-reactive ketones (excluding diaryl/α,β-unsaturated/α-hetero) is 1. The van der Waals surface area contributed by atoms with Crippen molar-refractivity contribution in [2.45, 2.75) is 134 Å². The van der Waals surface area contributed by atoms with Crippen LogP contribution < -0.4 is 10.6 Å². The highest BCUT2D eigenvalue weighted by Gasteiger charge is 2.53. The Kier molecular flexibility index (Phi) is 16.4. The number of carbonyl (C=O) groups is 2. The van der Waals surface area contributed by atoms with Gasteiger partial charge in [-0.15, -0.1) is 5.10 Å². The van der Waals surface area contributed by atoms with Crippen molar-refractivity contribution >= 4 is 34.6 Å². The molecule has 52 heavy (non-hydrogen) atoms. The molecule has 3 saturated heterocycles. The molecule has 1 aromatic heterocycles. The topological polar surface area (TPSA) is 303 Å². The molecule has 4 rings (SSSR count). The third kappa shape index (κ3) is 11.1. The molecule has 4 heterocycles. The number of ether oxygens (including phenoxy) is 4. The standard InChI is InChI=1S/C28H47N5O16S.OS/c1-12(2)21(35)18-7-17(9-32(18)13(3)4)33-8-16(30-31-33)10-43-27-20(29-15(6)34)26(47-28-24(38)23(37)22(36)14(5)45-28)25(48-49-39)19(46-27)11-44-50(40,41)42;1-2/h8,12-14,17-20,22-28,36-39H,7,9-11H2,1-6H3,(H,29,34)(H,40,41,42);/p-2/t14?,17-,18+,19?,20?,22-,23+,24?,25+,26-,27-,28+;/m1./s1. The first-order chi connectivity index (χ1) is 24.4. The number of amides is 1. The van der Waals surface area contributed by atoms with Crippen LogP contribution in [0.15, 0.2) is 6.20 Å². The molecular weight excluding hydrogens is 742 g/mol. The number of rotatable bonds is 15. The highest BCUT2D eigenvalue weighted by Crippen LogP contribution is 2.33. The van der Waals surface area contributed by atoms with Crippen LogP contribution in [0.2, 0.25) is 0 Å². The zero-order chi connectivity index (χ0) is 39.1. The number of hydrogen-bond acceptors (Lipinski definition) is 21. The van der Waals surface area contributed by atoms with Gasteiger partial charge in [0.15, 0.2) is 30.9 Å². The van der Waals surface area contributed by atoms with Crippen LogP contribution >= 0.6 is 0 Å². The quantitative estimate of drug-likeness (QED) is 0.0574. The van der Waals surface area contributed by atoms with E-state index in [9.17, 15) is 43.1 Å². The summed E-state index contributed by atoms with van der Waals surface area (Å²) in [6, 6.07) is -1.79. The Morgan fingerprint density at radius 1 is 1.10 bits per heavy atom. The van der Waals surface area contributed by atoms with Gasteiger partial charge in [0.25, 0.3) is 0 Å². The second-order valence-electron chi connectivity index (χ2n) is 13.1. The minimum Gasteiger partial charge on any atom is -0.726 e. The van der Waals surface area contributed by atoms with E-state index in [1.54, 1.807) is 10.9 Å². The fraction of sp³-hybridized carbons (Fsp3) is 0.857. The number of nitrogens with one attached hydrogen (secondary N) is 1. The molecule has 0 spiro atoms. The van der Waals surface area contributed by atoms with Crippen molar-refractivity contribution in [1.82, 2.24) is 25.2 Å². The van der Waals surface area contributed by atoms with E-state index < -0.39 is 84.3 Å². The van der Waals surface area contributed by atoms with Crippen molar-refractivity contribution in [3.63, 3.8) is 0 Å². The maximum Gasteiger partial charge on any atom is 0.217 e. The monoisotopic (exact) mass is 787 g/mol. The molecule has 4 N–H and O–H groups in total. The molecule has 1 aromatic rings. The predicted octanol–water partition coefficient (Wildman–Crippen LogP) is -3.78. The minimum atomic E-state index is -5.30. The van der Waals surface area contributed by atoms with E-state index in [2.05, 4.69) is 42.3 Å². The summed E-state index contributed by atoms with van der Waals surface area (Å²) in [4.78, 5) is 32.2. The Morgan fingerprint density at radius 3 is 2.35 bits per heavy atom. The van der Waals surface area contributed by atoms with Crippen LogP contribution in [-0.2, 0) is 72.2 Å². The third-order valence-electron chi connectivity index (χ3n) is 8.85. The van der Waals surface area contributed by atoms with Gasteiger partial charge in [-0.25, -0.2) is 18.0 Å². The van der Waals surface area contributed by atoms with Gasteiger partial charge in [-0.3, -0.25) is 23.7 Å². The number of likely N-dealkylation sites (tertiary alicyclic amines) is 1. The van der Waals surface area contributed by atoms with Gasteiger partial charge in [0.05, 0.1) is 37.6 Å². The van der Waals surface area contributed by atoms with E-state index in [-0.39, 0.29) is 42.1 Å². The first kappa shape index (κ1) is 44.1. The third-order valence-corrected chi connectivity index (χ3v) is 9.27. The smallest absolute Gasteiger partial charge is 0.217 e. The summed E-state index contributed by atoms with van der Waals surface area (Å²) in [6.45, 7) is 9.42. The normalized spacial score (nSPS) is 34.2. The largest absolute Gasteiger partial charge is 0.726 e. The van der Waals surface area contributed by atoms with Crippen LogP contribution in [0.3, 0.4) is 0 Å². The maximum atomic E-state index is 12.9. The molecular formula is C28H45N5O17S2-2. The van der Waals surface area contributed by atoms with Gasteiger partial charge in [0, 0.05) is 25.4 Å². The molecule has 0 aliphatic carbocycles. The molecule has 12 atom stereocenters. The summed E-state index contributed by atoms with van der Waals surface area (Å²) in [6.07, 6.45) is -12.4. The van der Waals surface area contributed by atoms with Gasteiger partial charge >= 0.3 is 0 Å². The number of aliphatic hydroxyl groups excluding tert-OH is 3. The highest BCUT2D eigenvalue weighted by molar-refractivity contribution is 7.80. The van der Waals surface area contributed by atoms with Crippen molar-refractivity contribution in [3.8, 4) is 0 Å². The second-order valence-corrected chi connectivity index (χ2v) is 14.2. The van der Waals surface area contributed by atoms with Crippen LogP contribution in [0.4, 0.5) is 0 Å². The van der Waals surface area contributed by atoms with Gasteiger partial charge < -0.3 is 49.4 Å². The Balaban J connectivity index is 0.00000358. The Bertz CT molecular complexity index is 1420. The zero-order valence-corrected chi connectivity index (χ0v) is 30.8. The molecule has 3 fully saturated rings. The molecule has 22 nitrogen and oxygen atoms in total. The Hall–Kier alpha value is -2.27. The number of hydrogen-bond donors (Lipinski definition) is 4. The Labute approximate surface area is 304 Å². The number of aliphatic hydroxyl groups is 3. The van der Waals surface area contributed by atoms with Crippen molar-refractivity contribution < 1.29 is 80.4 Å². The lowest BCUT2D eigenvalue weighted by Gasteiger charge is -2.48. The van der Waals surface area contributed by atoms with E-state index in [1.807, 2.05) is 27.7 Å². The molecule has 1 amide bonds. The van der Waals surface area contributed by atoms with Gasteiger partial charge in [-0.1, -0.05) is 19.1 Å². The summed E-state index contributed by atoms with van der Waals surface area (Å²) < 4.78 is 70.9. The lowest BCUT2D eigenvalue weighted by Crippen LogP contribution is -2.68. The predicted molar refractivity (Wildman–Crippen MR) is 167 cm³/mol. The van der Waals surface area contributed by atoms with Gasteiger partial charge in [-0.2, -0.15) is 4.21 Å². The summed E-state index contributed by atoms with van der Waals surface area (Å²) in [7, 11) is -5.30. The van der Waals surface area contributed by atoms with Crippen LogP contribution in [0, 0.1) is 5.92 Å². The first-order valence-electron chi connectivity index (χ1n) is 16.2. The Morgan fingerprint density at radius 2 is 1.77 bits per heavy atom. The first-order valence-corrected chi connectivity index (χ1v) is 17.9. The number of nitrogens with zero attached hydrogens (tertiary/aromatic N) is 4. The molecule has 0 radical (unpaired) electrons. The van der Waals surface area contributed by atoms with E-state index in [0.717, 1.165) is 6.92 Å². The number of aromatic nitrogens is 3. The lowest BCUT2D eigenvalue weighted by atomic mass is 9.95. The highest BCUT2D eigenvalue weighted by atomic mass is 32.3. The van der Waals surface area contributed by atoms with Crippen molar-refractivity contribution in [2.24, 2.45) is 5.92 Å².